The summed E-state index contributed by atoms with van der Waals surface area (Å²) in [7, 11) is 1.19. The number of rotatable bonds is 6. The maximum absolute atomic E-state index is 13.6. The Hall–Kier alpha value is -5.18. The van der Waals surface area contributed by atoms with Crippen LogP contribution in [0.1, 0.15) is 40.9 Å². The molecule has 0 spiro atoms. The number of esters is 1. The number of ether oxygens (including phenoxy) is 1. The number of pyridine rings is 1. The van der Waals surface area contributed by atoms with Gasteiger partial charge in [0.05, 0.1) is 29.9 Å². The van der Waals surface area contributed by atoms with Crippen LogP contribution < -0.4 is 15.2 Å². The molecular weight excluding hydrogens is 549 g/mol. The van der Waals surface area contributed by atoms with Gasteiger partial charge in [-0.1, -0.05) is 18.2 Å². The molecule has 1 aliphatic heterocycles. The Balaban J connectivity index is 1.72. The Morgan fingerprint density at radius 2 is 1.93 bits per heavy atom. The van der Waals surface area contributed by atoms with E-state index in [1.54, 1.807) is 25.1 Å². The van der Waals surface area contributed by atoms with Crippen molar-refractivity contribution in [3.63, 3.8) is 0 Å². The summed E-state index contributed by atoms with van der Waals surface area (Å²) in [5, 5.41) is 16.2. The third-order valence-electron chi connectivity index (χ3n) is 7.34. The van der Waals surface area contributed by atoms with Crippen LogP contribution in [0.25, 0.3) is 0 Å². The monoisotopic (exact) mass is 575 g/mol. The predicted molar refractivity (Wildman–Crippen MR) is 146 cm³/mol. The number of hydrogen-bond donors (Lipinski definition) is 1. The van der Waals surface area contributed by atoms with Crippen LogP contribution in [0.3, 0.4) is 0 Å². The van der Waals surface area contributed by atoms with E-state index >= 15 is 0 Å². The van der Waals surface area contributed by atoms with Crippen LogP contribution >= 0.6 is 0 Å². The van der Waals surface area contributed by atoms with Crippen molar-refractivity contribution in [2.24, 2.45) is 0 Å². The van der Waals surface area contributed by atoms with Crippen molar-refractivity contribution in [3.8, 4) is 6.07 Å². The van der Waals surface area contributed by atoms with E-state index in [-0.39, 0.29) is 22.9 Å². The van der Waals surface area contributed by atoms with E-state index in [0.29, 0.717) is 29.7 Å². The molecule has 1 unspecified atom stereocenters. The number of nitriles is 1. The summed E-state index contributed by atoms with van der Waals surface area (Å²) in [5.74, 6) is -0.769. The maximum atomic E-state index is 13.6. The van der Waals surface area contributed by atoms with Crippen molar-refractivity contribution in [3.05, 3.63) is 117 Å². The second-order valence-corrected chi connectivity index (χ2v) is 9.79. The first-order valence-electron chi connectivity index (χ1n) is 13.0. The highest BCUT2D eigenvalue weighted by Crippen LogP contribution is 2.43. The van der Waals surface area contributed by atoms with Gasteiger partial charge in [-0.3, -0.25) is 4.90 Å². The SMILES string of the molecule is COC(=O)C1=C(C)N(c2cccc(C(F)(F)F)c2)c2n[nH]c(=O)n2C1c1ccc(C#N)cc1CC[n+]1ccccc1C. The maximum Gasteiger partial charge on any atom is 0.416 e. The van der Waals surface area contributed by atoms with E-state index in [2.05, 4.69) is 16.3 Å². The number of nitrogens with one attached hydrogen (secondary N) is 1. The Kier molecular flexibility index (Phi) is 7.43. The number of benzene rings is 2. The summed E-state index contributed by atoms with van der Waals surface area (Å²) in [6, 6.07) is 16.4. The molecule has 5 rings (SSSR count). The molecule has 1 atom stereocenters. The van der Waals surface area contributed by atoms with Crippen LogP contribution in [0.15, 0.2) is 82.9 Å². The fourth-order valence-electron chi connectivity index (χ4n) is 5.29. The molecule has 0 bridgehead atoms. The molecule has 9 nitrogen and oxygen atoms in total. The zero-order valence-corrected chi connectivity index (χ0v) is 22.9. The lowest BCUT2D eigenvalue weighted by molar-refractivity contribution is -0.702. The third kappa shape index (κ3) is 5.05. The quantitative estimate of drug-likeness (QED) is 0.268. The molecule has 2 aromatic carbocycles. The summed E-state index contributed by atoms with van der Waals surface area (Å²) in [4.78, 5) is 28.0. The highest BCUT2D eigenvalue weighted by atomic mass is 19.4. The highest BCUT2D eigenvalue weighted by Gasteiger charge is 2.41. The van der Waals surface area contributed by atoms with Crippen molar-refractivity contribution in [1.29, 1.82) is 5.26 Å². The molecule has 2 aromatic heterocycles. The second-order valence-electron chi connectivity index (χ2n) is 9.79. The number of alkyl halides is 3. The number of aromatic amines is 1. The number of aromatic nitrogens is 4. The van der Waals surface area contributed by atoms with Gasteiger partial charge in [-0.15, -0.1) is 5.10 Å². The zero-order chi connectivity index (χ0) is 30.2. The summed E-state index contributed by atoms with van der Waals surface area (Å²) >= 11 is 0. The van der Waals surface area contributed by atoms with Gasteiger partial charge >= 0.3 is 17.8 Å². The number of H-pyrrole nitrogens is 1. The molecule has 1 aliphatic rings. The summed E-state index contributed by atoms with van der Waals surface area (Å²) in [6.07, 6.45) is -2.24. The zero-order valence-electron chi connectivity index (χ0n) is 22.9. The Morgan fingerprint density at radius 3 is 2.62 bits per heavy atom. The van der Waals surface area contributed by atoms with Crippen LogP contribution in [-0.4, -0.2) is 27.8 Å². The first kappa shape index (κ1) is 28.4. The fourth-order valence-corrected chi connectivity index (χ4v) is 5.29. The Morgan fingerprint density at radius 1 is 1.14 bits per heavy atom. The van der Waals surface area contributed by atoms with Gasteiger partial charge in [0.1, 0.15) is 6.04 Å². The third-order valence-corrected chi connectivity index (χ3v) is 7.34. The topological polar surface area (TPSA) is 108 Å². The van der Waals surface area contributed by atoms with Gasteiger partial charge in [0, 0.05) is 36.9 Å². The number of carbonyl (C=O) groups is 1. The summed E-state index contributed by atoms with van der Waals surface area (Å²) < 4.78 is 49.2. The number of anilines is 2. The van der Waals surface area contributed by atoms with Gasteiger partial charge < -0.3 is 4.74 Å². The van der Waals surface area contributed by atoms with E-state index in [4.69, 9.17) is 4.74 Å². The minimum Gasteiger partial charge on any atom is -0.466 e. The Bertz CT molecular complexity index is 1820. The number of nitrogens with zero attached hydrogens (tertiary/aromatic N) is 5. The second kappa shape index (κ2) is 11.0. The van der Waals surface area contributed by atoms with Gasteiger partial charge in [-0.25, -0.2) is 23.8 Å². The molecule has 214 valence electrons. The van der Waals surface area contributed by atoms with Crippen LogP contribution in [0, 0.1) is 18.3 Å². The van der Waals surface area contributed by atoms with E-state index in [9.17, 15) is 28.0 Å². The van der Waals surface area contributed by atoms with Crippen molar-refractivity contribution in [2.75, 3.05) is 12.0 Å². The lowest BCUT2D eigenvalue weighted by atomic mass is 9.89. The van der Waals surface area contributed by atoms with Gasteiger partial charge in [0.25, 0.3) is 0 Å². The van der Waals surface area contributed by atoms with E-state index in [1.165, 1.54) is 28.7 Å². The van der Waals surface area contributed by atoms with Gasteiger partial charge in [0.15, 0.2) is 18.4 Å². The van der Waals surface area contributed by atoms with E-state index < -0.39 is 29.4 Å². The lowest BCUT2D eigenvalue weighted by Crippen LogP contribution is -2.39. The van der Waals surface area contributed by atoms with Crippen molar-refractivity contribution >= 4 is 17.6 Å². The van der Waals surface area contributed by atoms with Crippen molar-refractivity contribution < 1.29 is 27.3 Å². The molecule has 0 aliphatic carbocycles. The Labute approximate surface area is 238 Å². The summed E-state index contributed by atoms with van der Waals surface area (Å²) in [5.41, 5.74) is 1.42. The normalized spacial score (nSPS) is 14.9. The number of aryl methyl sites for hydroxylation is 3. The molecular formula is C30H26F3N6O3+. The first-order chi connectivity index (χ1) is 20.0. The fraction of sp³-hybridized carbons (Fsp3) is 0.233. The molecule has 0 saturated heterocycles. The number of carbonyl (C=O) groups excluding carboxylic acids is 1. The van der Waals surface area contributed by atoms with Gasteiger partial charge in [-0.2, -0.15) is 18.4 Å². The summed E-state index contributed by atoms with van der Waals surface area (Å²) in [6.45, 7) is 4.07. The largest absolute Gasteiger partial charge is 0.466 e. The molecule has 0 amide bonds. The number of fused-ring (bicyclic) bond motifs is 1. The minimum atomic E-state index is -4.62. The molecule has 4 aromatic rings. The number of halogens is 3. The first-order valence-corrected chi connectivity index (χ1v) is 13.0. The van der Waals surface area contributed by atoms with Crippen molar-refractivity contribution in [1.82, 2.24) is 14.8 Å². The number of allylic oxidation sites excluding steroid dienone is 1. The standard InChI is InChI=1S/C30H25F3N6O3/c1-18-7-4-5-13-37(18)14-12-21-15-20(17-34)10-11-24(21)26-25(27(40)42-3)19(2)38(28-35-36-29(41)39(26)28)23-9-6-8-22(16-23)30(31,32)33/h4-11,13,15-16,26H,12,14H2,1-3H3/p+1. The van der Waals surface area contributed by atoms with E-state index in [1.807, 2.05) is 35.9 Å². The van der Waals surface area contributed by atoms with Crippen LogP contribution in [-0.2, 0) is 28.7 Å². The molecule has 3 heterocycles. The molecule has 12 heteroatoms. The van der Waals surface area contributed by atoms with Crippen LogP contribution in [0.5, 0.6) is 0 Å². The number of methoxy groups -OCH3 is 1. The molecule has 0 saturated carbocycles. The van der Waals surface area contributed by atoms with Crippen molar-refractivity contribution in [2.45, 2.75) is 39.0 Å². The molecule has 0 fully saturated rings. The van der Waals surface area contributed by atoms with Gasteiger partial charge in [-0.05, 0) is 48.4 Å². The van der Waals surface area contributed by atoms with Gasteiger partial charge in [0.2, 0.25) is 5.95 Å². The average Bonchev–Trinajstić information content (AvgIpc) is 3.35. The minimum absolute atomic E-state index is 0.00179. The molecule has 42 heavy (non-hydrogen) atoms. The average molecular weight is 576 g/mol. The van der Waals surface area contributed by atoms with Crippen LogP contribution in [0.2, 0.25) is 0 Å². The number of hydrogen-bond acceptors (Lipinski definition) is 6. The molecule has 1 N–H and O–H groups in total. The molecule has 0 radical (unpaired) electrons. The van der Waals surface area contributed by atoms with Crippen LogP contribution in [0.4, 0.5) is 24.8 Å². The smallest absolute Gasteiger partial charge is 0.416 e. The van der Waals surface area contributed by atoms with E-state index in [0.717, 1.165) is 17.8 Å². The predicted octanol–water partition coefficient (Wildman–Crippen LogP) is 4.49. The highest BCUT2D eigenvalue weighted by molar-refractivity contribution is 5.93. The lowest BCUT2D eigenvalue weighted by Gasteiger charge is -2.36.